The molecule has 1 aromatic heterocycles. The van der Waals surface area contributed by atoms with Gasteiger partial charge in [-0.3, -0.25) is 9.59 Å². The summed E-state index contributed by atoms with van der Waals surface area (Å²) in [4.78, 5) is 28.4. The maximum atomic E-state index is 12.9. The number of thioether (sulfide) groups is 1. The molecule has 1 heterocycles. The predicted octanol–water partition coefficient (Wildman–Crippen LogP) is 3.18. The van der Waals surface area contributed by atoms with Crippen LogP contribution in [0.2, 0.25) is 0 Å². The van der Waals surface area contributed by atoms with Crippen LogP contribution in [-0.2, 0) is 16.1 Å². The molecule has 0 bridgehead atoms. The Kier molecular flexibility index (Phi) is 8.15. The van der Waals surface area contributed by atoms with Gasteiger partial charge in [0.25, 0.3) is 5.91 Å². The molecule has 0 saturated carbocycles. The minimum Gasteiger partial charge on any atom is -0.383 e. The molecule has 7 heteroatoms. The van der Waals surface area contributed by atoms with E-state index in [9.17, 15) is 9.59 Å². The van der Waals surface area contributed by atoms with Gasteiger partial charge in [-0.15, -0.1) is 23.1 Å². The van der Waals surface area contributed by atoms with E-state index in [0.717, 1.165) is 4.90 Å². The van der Waals surface area contributed by atoms with Crippen LogP contribution in [0, 0.1) is 6.92 Å². The fourth-order valence-corrected chi connectivity index (χ4v) is 4.15. The minimum atomic E-state index is -0.0723. The fourth-order valence-electron chi connectivity index (χ4n) is 2.31. The van der Waals surface area contributed by atoms with Crippen molar-refractivity contribution in [3.8, 4) is 0 Å². The van der Waals surface area contributed by atoms with E-state index >= 15 is 0 Å². The molecule has 0 atom stereocenters. The number of hydrogen-bond acceptors (Lipinski definition) is 5. The minimum absolute atomic E-state index is 0.0410. The molecule has 0 aliphatic rings. The summed E-state index contributed by atoms with van der Waals surface area (Å²) in [5, 5.41) is 4.82. The molecule has 0 spiro atoms. The van der Waals surface area contributed by atoms with Crippen LogP contribution in [0.25, 0.3) is 0 Å². The maximum absolute atomic E-state index is 12.9. The SMILES string of the molecule is COCCNC(=O)CSc1ccccc1C(=O)N(C)Cc1sccc1C. The van der Waals surface area contributed by atoms with Gasteiger partial charge >= 0.3 is 0 Å². The lowest BCUT2D eigenvalue weighted by Crippen LogP contribution is -2.29. The second-order valence-electron chi connectivity index (χ2n) is 5.82. The second-order valence-corrected chi connectivity index (χ2v) is 7.83. The molecule has 26 heavy (non-hydrogen) atoms. The number of rotatable bonds is 9. The topological polar surface area (TPSA) is 58.6 Å². The van der Waals surface area contributed by atoms with Gasteiger partial charge in [-0.2, -0.15) is 0 Å². The Labute approximate surface area is 162 Å². The highest BCUT2D eigenvalue weighted by Crippen LogP contribution is 2.25. The monoisotopic (exact) mass is 392 g/mol. The van der Waals surface area contributed by atoms with Crippen molar-refractivity contribution >= 4 is 34.9 Å². The summed E-state index contributed by atoms with van der Waals surface area (Å²) >= 11 is 3.03. The van der Waals surface area contributed by atoms with Gasteiger partial charge in [0, 0.05) is 30.5 Å². The summed E-state index contributed by atoms with van der Waals surface area (Å²) < 4.78 is 4.91. The van der Waals surface area contributed by atoms with Gasteiger partial charge in [-0.1, -0.05) is 12.1 Å². The van der Waals surface area contributed by atoms with Crippen molar-refractivity contribution in [3.63, 3.8) is 0 Å². The summed E-state index contributed by atoms with van der Waals surface area (Å²) in [7, 11) is 3.40. The number of amides is 2. The van der Waals surface area contributed by atoms with E-state index in [1.807, 2.05) is 29.6 Å². The van der Waals surface area contributed by atoms with Crippen LogP contribution in [0.4, 0.5) is 0 Å². The fraction of sp³-hybridized carbons (Fsp3) is 0.368. The van der Waals surface area contributed by atoms with Crippen molar-refractivity contribution in [1.82, 2.24) is 10.2 Å². The largest absolute Gasteiger partial charge is 0.383 e. The Morgan fingerprint density at radius 1 is 1.27 bits per heavy atom. The van der Waals surface area contributed by atoms with Gasteiger partial charge in [0.1, 0.15) is 0 Å². The van der Waals surface area contributed by atoms with E-state index in [1.54, 1.807) is 30.4 Å². The quantitative estimate of drug-likeness (QED) is 0.526. The number of nitrogens with zero attached hydrogens (tertiary/aromatic N) is 1. The van der Waals surface area contributed by atoms with Gasteiger partial charge < -0.3 is 15.0 Å². The first-order valence-corrected chi connectivity index (χ1v) is 10.2. The van der Waals surface area contributed by atoms with Crippen LogP contribution in [0.5, 0.6) is 0 Å². The molecule has 0 saturated heterocycles. The van der Waals surface area contributed by atoms with Crippen molar-refractivity contribution < 1.29 is 14.3 Å². The van der Waals surface area contributed by atoms with Crippen molar-refractivity contribution in [2.24, 2.45) is 0 Å². The summed E-state index contributed by atoms with van der Waals surface area (Å²) in [5.41, 5.74) is 1.82. The standard InChI is InChI=1S/C19H24N2O3S2/c1-14-8-11-25-17(14)12-21(2)19(23)15-6-4-5-7-16(15)26-13-18(22)20-9-10-24-3/h4-8,11H,9-10,12-13H2,1-3H3,(H,20,22). The molecule has 2 aromatic rings. The number of carbonyl (C=O) groups is 2. The summed E-state index contributed by atoms with van der Waals surface area (Å²) in [6.07, 6.45) is 0. The normalized spacial score (nSPS) is 10.6. The number of ether oxygens (including phenoxy) is 1. The third-order valence-corrected chi connectivity index (χ3v) is 5.88. The number of benzene rings is 1. The Morgan fingerprint density at radius 3 is 2.73 bits per heavy atom. The molecule has 2 amide bonds. The van der Waals surface area contributed by atoms with Crippen LogP contribution in [-0.4, -0.2) is 49.8 Å². The van der Waals surface area contributed by atoms with Gasteiger partial charge in [-0.05, 0) is 36.1 Å². The van der Waals surface area contributed by atoms with E-state index in [1.165, 1.54) is 22.2 Å². The Bertz CT molecular complexity index is 746. The lowest BCUT2D eigenvalue weighted by molar-refractivity contribution is -0.118. The van der Waals surface area contributed by atoms with E-state index in [2.05, 4.69) is 18.3 Å². The molecular formula is C19H24N2O3S2. The number of carbonyl (C=O) groups excluding carboxylic acids is 2. The lowest BCUT2D eigenvalue weighted by atomic mass is 10.2. The Morgan fingerprint density at radius 2 is 2.04 bits per heavy atom. The van der Waals surface area contributed by atoms with Crippen molar-refractivity contribution in [3.05, 3.63) is 51.7 Å². The molecule has 0 fully saturated rings. The molecule has 0 aliphatic heterocycles. The summed E-state index contributed by atoms with van der Waals surface area (Å²) in [6.45, 7) is 3.60. The molecule has 2 rings (SSSR count). The highest BCUT2D eigenvalue weighted by molar-refractivity contribution is 8.00. The zero-order valence-corrected chi connectivity index (χ0v) is 16.9. The predicted molar refractivity (Wildman–Crippen MR) is 107 cm³/mol. The van der Waals surface area contributed by atoms with Crippen LogP contribution >= 0.6 is 23.1 Å². The summed E-state index contributed by atoms with van der Waals surface area (Å²) in [6, 6.07) is 9.48. The molecule has 1 N–H and O–H groups in total. The Hall–Kier alpha value is -1.83. The average molecular weight is 393 g/mol. The first-order chi connectivity index (χ1) is 12.5. The number of thiophene rings is 1. The summed E-state index contributed by atoms with van der Waals surface area (Å²) in [5.74, 6) is 0.152. The van der Waals surface area contributed by atoms with Gasteiger partial charge in [0.05, 0.1) is 24.5 Å². The highest BCUT2D eigenvalue weighted by Gasteiger charge is 2.17. The first kappa shape index (κ1) is 20.5. The number of hydrogen-bond donors (Lipinski definition) is 1. The molecule has 0 unspecified atom stereocenters. The van der Waals surface area contributed by atoms with Crippen LogP contribution in [0.3, 0.4) is 0 Å². The van der Waals surface area contributed by atoms with Crippen LogP contribution in [0.1, 0.15) is 20.8 Å². The third-order valence-electron chi connectivity index (χ3n) is 3.80. The van der Waals surface area contributed by atoms with Crippen molar-refractivity contribution in [1.29, 1.82) is 0 Å². The number of methoxy groups -OCH3 is 1. The molecule has 0 radical (unpaired) electrons. The molecule has 0 aliphatic carbocycles. The zero-order valence-electron chi connectivity index (χ0n) is 15.3. The number of aryl methyl sites for hydroxylation is 1. The zero-order chi connectivity index (χ0) is 18.9. The molecule has 5 nitrogen and oxygen atoms in total. The van der Waals surface area contributed by atoms with Crippen molar-refractivity contribution in [2.45, 2.75) is 18.4 Å². The maximum Gasteiger partial charge on any atom is 0.255 e. The van der Waals surface area contributed by atoms with Crippen LogP contribution < -0.4 is 5.32 Å². The third kappa shape index (κ3) is 5.86. The Balaban J connectivity index is 1.99. The lowest BCUT2D eigenvalue weighted by Gasteiger charge is -2.18. The average Bonchev–Trinajstić information content (AvgIpc) is 3.04. The van der Waals surface area contributed by atoms with Gasteiger partial charge in [0.2, 0.25) is 5.91 Å². The van der Waals surface area contributed by atoms with E-state index in [0.29, 0.717) is 25.3 Å². The van der Waals surface area contributed by atoms with Crippen LogP contribution in [0.15, 0.2) is 40.6 Å². The molecular weight excluding hydrogens is 368 g/mol. The highest BCUT2D eigenvalue weighted by atomic mass is 32.2. The van der Waals surface area contributed by atoms with Gasteiger partial charge in [0.15, 0.2) is 0 Å². The van der Waals surface area contributed by atoms with Gasteiger partial charge in [-0.25, -0.2) is 0 Å². The second kappa shape index (κ2) is 10.4. The first-order valence-electron chi connectivity index (χ1n) is 8.28. The van der Waals surface area contributed by atoms with E-state index in [4.69, 9.17) is 4.74 Å². The molecule has 140 valence electrons. The number of nitrogens with one attached hydrogen (secondary N) is 1. The van der Waals surface area contributed by atoms with E-state index < -0.39 is 0 Å². The molecule has 1 aromatic carbocycles. The van der Waals surface area contributed by atoms with E-state index in [-0.39, 0.29) is 17.6 Å². The smallest absolute Gasteiger partial charge is 0.255 e. The van der Waals surface area contributed by atoms with Crippen molar-refractivity contribution in [2.75, 3.05) is 33.1 Å².